The van der Waals surface area contributed by atoms with Gasteiger partial charge in [0.25, 0.3) is 0 Å². The van der Waals surface area contributed by atoms with E-state index in [4.69, 9.17) is 0 Å². The van der Waals surface area contributed by atoms with Gasteiger partial charge in [0.05, 0.1) is 0 Å². The molecule has 0 aromatic carbocycles. The maximum absolute atomic E-state index is 12.3. The van der Waals surface area contributed by atoms with Gasteiger partial charge < -0.3 is 10.6 Å². The summed E-state index contributed by atoms with van der Waals surface area (Å²) < 4.78 is 0. The first-order valence-corrected chi connectivity index (χ1v) is 8.47. The minimum absolute atomic E-state index is 0.0661. The molecule has 2 unspecified atom stereocenters. The normalized spacial score (nSPS) is 41.5. The van der Waals surface area contributed by atoms with Gasteiger partial charge in [0.2, 0.25) is 5.91 Å². The quantitative estimate of drug-likeness (QED) is 0.811. The molecule has 3 heteroatoms. The summed E-state index contributed by atoms with van der Waals surface area (Å²) >= 11 is 0. The second-order valence-electron chi connectivity index (χ2n) is 7.97. The number of carbonyl (C=O) groups excluding carboxylic acids is 1. The van der Waals surface area contributed by atoms with Crippen LogP contribution in [0.25, 0.3) is 0 Å². The molecule has 4 fully saturated rings. The molecule has 4 bridgehead atoms. The molecule has 0 spiro atoms. The fourth-order valence-corrected chi connectivity index (χ4v) is 5.62. The van der Waals surface area contributed by atoms with Crippen LogP contribution < -0.4 is 10.6 Å². The first-order chi connectivity index (χ1) is 9.52. The summed E-state index contributed by atoms with van der Waals surface area (Å²) in [4.78, 5) is 12.3. The number of hydrogen-bond donors (Lipinski definition) is 2. The number of amides is 1. The second kappa shape index (κ2) is 5.32. The zero-order valence-corrected chi connectivity index (χ0v) is 13.2. The molecule has 0 saturated heterocycles. The summed E-state index contributed by atoms with van der Waals surface area (Å²) in [7, 11) is 1.91. The highest BCUT2D eigenvalue weighted by atomic mass is 16.1. The van der Waals surface area contributed by atoms with E-state index in [1.54, 1.807) is 0 Å². The van der Waals surface area contributed by atoms with E-state index in [1.165, 1.54) is 38.5 Å². The summed E-state index contributed by atoms with van der Waals surface area (Å²) in [5.41, 5.74) is 0.420. The maximum atomic E-state index is 12.3. The van der Waals surface area contributed by atoms with Crippen LogP contribution in [0.3, 0.4) is 0 Å². The average molecular weight is 278 g/mol. The molecule has 3 nitrogen and oxygen atoms in total. The molecular formula is C17H30N2O. The van der Waals surface area contributed by atoms with Crippen molar-refractivity contribution < 1.29 is 4.79 Å². The Labute approximate surface area is 123 Å². The van der Waals surface area contributed by atoms with Crippen LogP contribution in [0.4, 0.5) is 0 Å². The Morgan fingerprint density at radius 2 is 1.60 bits per heavy atom. The van der Waals surface area contributed by atoms with Crippen molar-refractivity contribution in [2.24, 2.45) is 29.1 Å². The smallest absolute Gasteiger partial charge is 0.224 e. The molecule has 4 aliphatic rings. The molecule has 20 heavy (non-hydrogen) atoms. The molecule has 0 aromatic heterocycles. The third-order valence-corrected chi connectivity index (χ3v) is 6.32. The van der Waals surface area contributed by atoms with E-state index < -0.39 is 0 Å². The zero-order valence-electron chi connectivity index (χ0n) is 13.2. The van der Waals surface area contributed by atoms with Crippen LogP contribution in [0.1, 0.15) is 52.4 Å². The van der Waals surface area contributed by atoms with Gasteiger partial charge in [-0.3, -0.25) is 4.79 Å². The first-order valence-electron chi connectivity index (χ1n) is 8.47. The van der Waals surface area contributed by atoms with E-state index >= 15 is 0 Å². The van der Waals surface area contributed by atoms with Gasteiger partial charge in [-0.25, -0.2) is 0 Å². The first kappa shape index (κ1) is 14.4. The number of rotatable bonds is 5. The largest absolute Gasteiger partial charge is 0.353 e. The van der Waals surface area contributed by atoms with Crippen LogP contribution in [0.2, 0.25) is 0 Å². The second-order valence-corrected chi connectivity index (χ2v) is 7.97. The summed E-state index contributed by atoms with van der Waals surface area (Å²) in [5, 5.41) is 6.44. The molecule has 0 radical (unpaired) electrons. The Hall–Kier alpha value is -0.570. The van der Waals surface area contributed by atoms with Gasteiger partial charge in [-0.05, 0) is 75.7 Å². The SMILES string of the molecule is CNCC(C)C(=O)NC(C)C12CC3CC(CC(C3)C1)C2. The van der Waals surface area contributed by atoms with Crippen molar-refractivity contribution in [1.82, 2.24) is 10.6 Å². The van der Waals surface area contributed by atoms with Gasteiger partial charge in [-0.2, -0.15) is 0 Å². The minimum Gasteiger partial charge on any atom is -0.353 e. The van der Waals surface area contributed by atoms with Gasteiger partial charge in [0, 0.05) is 18.5 Å². The van der Waals surface area contributed by atoms with E-state index in [1.807, 2.05) is 14.0 Å². The lowest BCUT2D eigenvalue weighted by Gasteiger charge is -2.59. The van der Waals surface area contributed by atoms with Crippen molar-refractivity contribution in [2.75, 3.05) is 13.6 Å². The van der Waals surface area contributed by atoms with Crippen LogP contribution in [0.5, 0.6) is 0 Å². The number of hydrogen-bond acceptors (Lipinski definition) is 2. The molecular weight excluding hydrogens is 248 g/mol. The minimum atomic E-state index is 0.0661. The van der Waals surface area contributed by atoms with Gasteiger partial charge >= 0.3 is 0 Å². The number of nitrogens with one attached hydrogen (secondary N) is 2. The molecule has 0 aromatic rings. The third kappa shape index (κ3) is 2.49. The van der Waals surface area contributed by atoms with Crippen molar-refractivity contribution in [2.45, 2.75) is 58.4 Å². The van der Waals surface area contributed by atoms with E-state index in [0.29, 0.717) is 11.5 Å². The summed E-state index contributed by atoms with van der Waals surface area (Å²) in [6, 6.07) is 0.350. The van der Waals surface area contributed by atoms with Crippen molar-refractivity contribution in [3.8, 4) is 0 Å². The van der Waals surface area contributed by atoms with Crippen LogP contribution in [0, 0.1) is 29.1 Å². The summed E-state index contributed by atoms with van der Waals surface area (Å²) in [5.74, 6) is 3.15. The molecule has 4 aliphatic carbocycles. The lowest BCUT2D eigenvalue weighted by atomic mass is 9.48. The van der Waals surface area contributed by atoms with Gasteiger partial charge in [-0.15, -0.1) is 0 Å². The van der Waals surface area contributed by atoms with Gasteiger partial charge in [0.15, 0.2) is 0 Å². The third-order valence-electron chi connectivity index (χ3n) is 6.32. The molecule has 0 heterocycles. The van der Waals surface area contributed by atoms with Crippen LogP contribution in [-0.2, 0) is 4.79 Å². The van der Waals surface area contributed by atoms with Gasteiger partial charge in [0.1, 0.15) is 0 Å². The predicted molar refractivity (Wildman–Crippen MR) is 81.3 cm³/mol. The van der Waals surface area contributed by atoms with E-state index in [9.17, 15) is 4.79 Å². The van der Waals surface area contributed by atoms with Crippen molar-refractivity contribution >= 4 is 5.91 Å². The lowest BCUT2D eigenvalue weighted by Crippen LogP contribution is -2.56. The Kier molecular flexibility index (Phi) is 3.83. The molecule has 2 N–H and O–H groups in total. The molecule has 4 rings (SSSR count). The van der Waals surface area contributed by atoms with Crippen molar-refractivity contribution in [1.29, 1.82) is 0 Å². The molecule has 2 atom stereocenters. The number of carbonyl (C=O) groups is 1. The molecule has 4 saturated carbocycles. The molecule has 0 aliphatic heterocycles. The molecule has 1 amide bonds. The zero-order chi connectivity index (χ0) is 14.3. The topological polar surface area (TPSA) is 41.1 Å². The van der Waals surface area contributed by atoms with Crippen LogP contribution in [0.15, 0.2) is 0 Å². The highest BCUT2D eigenvalue weighted by Crippen LogP contribution is 2.61. The van der Waals surface area contributed by atoms with Crippen molar-refractivity contribution in [3.63, 3.8) is 0 Å². The monoisotopic (exact) mass is 278 g/mol. The average Bonchev–Trinajstić information content (AvgIpc) is 2.37. The fraction of sp³-hybridized carbons (Fsp3) is 0.941. The molecule has 114 valence electrons. The lowest BCUT2D eigenvalue weighted by molar-refractivity contribution is -0.129. The summed E-state index contributed by atoms with van der Waals surface area (Å²) in [6.45, 7) is 5.04. The standard InChI is InChI=1S/C17H30N2O/c1-11(10-18-3)16(20)19-12(2)17-7-13-4-14(8-17)6-15(5-13)9-17/h11-15,18H,4-10H2,1-3H3,(H,19,20). The van der Waals surface area contributed by atoms with Crippen LogP contribution in [-0.4, -0.2) is 25.5 Å². The predicted octanol–water partition coefficient (Wildman–Crippen LogP) is 2.56. The van der Waals surface area contributed by atoms with Crippen molar-refractivity contribution in [3.05, 3.63) is 0 Å². The maximum Gasteiger partial charge on any atom is 0.224 e. The van der Waals surface area contributed by atoms with Crippen LogP contribution >= 0.6 is 0 Å². The Morgan fingerprint density at radius 1 is 1.10 bits per heavy atom. The Bertz CT molecular complexity index is 344. The van der Waals surface area contributed by atoms with E-state index in [2.05, 4.69) is 17.6 Å². The Morgan fingerprint density at radius 3 is 2.05 bits per heavy atom. The van der Waals surface area contributed by atoms with E-state index in [0.717, 1.165) is 24.3 Å². The summed E-state index contributed by atoms with van der Waals surface area (Å²) in [6.07, 6.45) is 8.49. The van der Waals surface area contributed by atoms with Gasteiger partial charge in [-0.1, -0.05) is 6.92 Å². The van der Waals surface area contributed by atoms with E-state index in [-0.39, 0.29) is 11.8 Å². The highest BCUT2D eigenvalue weighted by molar-refractivity contribution is 5.78. The Balaban J connectivity index is 1.65. The highest BCUT2D eigenvalue weighted by Gasteiger charge is 2.53. The fourth-order valence-electron chi connectivity index (χ4n) is 5.62.